The average molecular weight is 500 g/mol. The van der Waals surface area contributed by atoms with Crippen LogP contribution in [0.1, 0.15) is 28.9 Å². The third-order valence-electron chi connectivity index (χ3n) is 7.33. The van der Waals surface area contributed by atoms with Crippen LogP contribution in [0.15, 0.2) is 53.8 Å². The number of ether oxygens (including phenoxy) is 1. The monoisotopic (exact) mass is 499 g/mol. The SMILES string of the molecule is O=C(NC1C=CC(CN2CCCC2)=NC1)c1n[nH]c2ccc(-c3cncc(CN4CCOCC4)c3)cc12. The molecule has 0 bridgehead atoms. The van der Waals surface area contributed by atoms with Gasteiger partial charge in [0.1, 0.15) is 0 Å². The maximum absolute atomic E-state index is 13.2. The number of dihydropyridines is 1. The number of nitrogens with zero attached hydrogens (tertiary/aromatic N) is 5. The summed E-state index contributed by atoms with van der Waals surface area (Å²) in [5.74, 6) is -0.199. The number of carbonyl (C=O) groups is 1. The van der Waals surface area contributed by atoms with Crippen LogP contribution in [-0.4, -0.2) is 95.1 Å². The van der Waals surface area contributed by atoms with Crippen LogP contribution in [0.4, 0.5) is 0 Å². The predicted octanol–water partition coefficient (Wildman–Crippen LogP) is 2.66. The minimum Gasteiger partial charge on any atom is -0.379 e. The molecule has 5 heterocycles. The molecule has 3 aliphatic heterocycles. The lowest BCUT2D eigenvalue weighted by Gasteiger charge is -2.26. The number of carbonyl (C=O) groups excluding carboxylic acids is 1. The number of morpholine rings is 1. The molecule has 37 heavy (non-hydrogen) atoms. The van der Waals surface area contributed by atoms with Crippen molar-refractivity contribution >= 4 is 22.5 Å². The fourth-order valence-electron chi connectivity index (χ4n) is 5.28. The van der Waals surface area contributed by atoms with Gasteiger partial charge in [0.2, 0.25) is 0 Å². The molecule has 1 atom stereocenters. The number of H-pyrrole nitrogens is 1. The quantitative estimate of drug-likeness (QED) is 0.519. The molecule has 2 N–H and O–H groups in total. The summed E-state index contributed by atoms with van der Waals surface area (Å²) in [5, 5.41) is 11.2. The Balaban J connectivity index is 1.14. The number of likely N-dealkylation sites (tertiary alicyclic amines) is 1. The molecule has 2 saturated heterocycles. The van der Waals surface area contributed by atoms with E-state index in [1.807, 2.05) is 42.7 Å². The number of aromatic amines is 1. The molecule has 1 amide bonds. The highest BCUT2D eigenvalue weighted by Gasteiger charge is 2.20. The van der Waals surface area contributed by atoms with Crippen LogP contribution in [0.3, 0.4) is 0 Å². The van der Waals surface area contributed by atoms with Gasteiger partial charge in [-0.3, -0.25) is 29.7 Å². The maximum atomic E-state index is 13.2. The summed E-state index contributed by atoms with van der Waals surface area (Å²) in [4.78, 5) is 27.2. The number of nitrogens with one attached hydrogen (secondary N) is 2. The molecule has 192 valence electrons. The summed E-state index contributed by atoms with van der Waals surface area (Å²) in [6.45, 7) is 8.02. The number of hydrogen-bond acceptors (Lipinski definition) is 7. The van der Waals surface area contributed by atoms with E-state index in [2.05, 4.69) is 36.4 Å². The summed E-state index contributed by atoms with van der Waals surface area (Å²) in [7, 11) is 0. The van der Waals surface area contributed by atoms with Crippen molar-refractivity contribution in [3.63, 3.8) is 0 Å². The number of aliphatic imine (C=N–C) groups is 1. The first kappa shape index (κ1) is 24.0. The van der Waals surface area contributed by atoms with E-state index in [0.717, 1.165) is 80.2 Å². The zero-order chi connectivity index (χ0) is 25.0. The molecule has 9 heteroatoms. The van der Waals surface area contributed by atoms with E-state index in [9.17, 15) is 4.79 Å². The molecule has 3 aromatic rings. The summed E-state index contributed by atoms with van der Waals surface area (Å²) in [6, 6.07) is 8.07. The Morgan fingerprint density at radius 2 is 1.86 bits per heavy atom. The lowest BCUT2D eigenvalue weighted by molar-refractivity contribution is 0.0341. The van der Waals surface area contributed by atoms with Crippen molar-refractivity contribution in [3.05, 3.63) is 60.1 Å². The molecule has 0 radical (unpaired) electrons. The first-order valence-electron chi connectivity index (χ1n) is 13.2. The average Bonchev–Trinajstić information content (AvgIpc) is 3.60. The van der Waals surface area contributed by atoms with Gasteiger partial charge in [0.05, 0.1) is 31.3 Å². The summed E-state index contributed by atoms with van der Waals surface area (Å²) in [6.07, 6.45) is 10.4. The smallest absolute Gasteiger partial charge is 0.272 e. The van der Waals surface area contributed by atoms with E-state index in [1.54, 1.807) is 0 Å². The molecule has 3 aliphatic rings. The zero-order valence-electron chi connectivity index (χ0n) is 21.0. The minimum atomic E-state index is -0.199. The van der Waals surface area contributed by atoms with Gasteiger partial charge >= 0.3 is 0 Å². The van der Waals surface area contributed by atoms with E-state index in [-0.39, 0.29) is 11.9 Å². The molecular formula is C28H33N7O2. The van der Waals surface area contributed by atoms with E-state index >= 15 is 0 Å². The summed E-state index contributed by atoms with van der Waals surface area (Å²) in [5.41, 5.74) is 5.51. The second-order valence-corrected chi connectivity index (χ2v) is 10.1. The van der Waals surface area contributed by atoms with Gasteiger partial charge in [-0.1, -0.05) is 12.1 Å². The van der Waals surface area contributed by atoms with E-state index in [1.165, 1.54) is 18.4 Å². The van der Waals surface area contributed by atoms with Gasteiger partial charge in [0.15, 0.2) is 5.69 Å². The van der Waals surface area contributed by atoms with Crippen molar-refractivity contribution in [2.45, 2.75) is 25.4 Å². The van der Waals surface area contributed by atoms with Crippen LogP contribution in [-0.2, 0) is 11.3 Å². The molecular weight excluding hydrogens is 466 g/mol. The molecule has 0 aliphatic carbocycles. The lowest BCUT2D eigenvalue weighted by Crippen LogP contribution is -2.38. The molecule has 0 saturated carbocycles. The Bertz CT molecular complexity index is 1320. The second-order valence-electron chi connectivity index (χ2n) is 10.1. The number of fused-ring (bicyclic) bond motifs is 1. The standard InChI is InChI=1S/C28H33N7O2/c36-28(31-23-4-5-24(30-17-23)19-34-7-1-2-8-34)27-25-14-21(3-6-26(25)32-33-27)22-13-20(15-29-16-22)18-35-9-11-37-12-10-35/h3-6,13-16,23H,1-2,7-12,17-19H2,(H,31,36)(H,32,33). The third kappa shape index (κ3) is 5.64. The minimum absolute atomic E-state index is 0.133. The van der Waals surface area contributed by atoms with Crippen molar-refractivity contribution in [3.8, 4) is 11.1 Å². The van der Waals surface area contributed by atoms with Crippen LogP contribution in [0, 0.1) is 0 Å². The fraction of sp³-hybridized carbons (Fsp3) is 0.429. The first-order valence-corrected chi connectivity index (χ1v) is 13.2. The molecule has 1 unspecified atom stereocenters. The van der Waals surface area contributed by atoms with Gasteiger partial charge in [-0.15, -0.1) is 0 Å². The number of amides is 1. The van der Waals surface area contributed by atoms with Crippen molar-refractivity contribution in [1.82, 2.24) is 30.3 Å². The van der Waals surface area contributed by atoms with Gasteiger partial charge in [-0.2, -0.15) is 5.10 Å². The maximum Gasteiger partial charge on any atom is 0.272 e. The highest BCUT2D eigenvalue weighted by Crippen LogP contribution is 2.26. The molecule has 0 spiro atoms. The van der Waals surface area contributed by atoms with Crippen LogP contribution in [0.5, 0.6) is 0 Å². The Hall–Kier alpha value is -3.40. The topological polar surface area (TPSA) is 98.7 Å². The van der Waals surface area contributed by atoms with Crippen LogP contribution in [0.25, 0.3) is 22.0 Å². The molecule has 2 aromatic heterocycles. The second kappa shape index (κ2) is 10.9. The number of aromatic nitrogens is 3. The van der Waals surface area contributed by atoms with Crippen LogP contribution >= 0.6 is 0 Å². The van der Waals surface area contributed by atoms with Gasteiger partial charge in [0.25, 0.3) is 5.91 Å². The largest absolute Gasteiger partial charge is 0.379 e. The van der Waals surface area contributed by atoms with E-state index in [0.29, 0.717) is 12.2 Å². The fourth-order valence-corrected chi connectivity index (χ4v) is 5.28. The Morgan fingerprint density at radius 1 is 1.03 bits per heavy atom. The van der Waals surface area contributed by atoms with Gasteiger partial charge in [0, 0.05) is 55.2 Å². The number of rotatable bonds is 7. The highest BCUT2D eigenvalue weighted by molar-refractivity contribution is 6.06. The van der Waals surface area contributed by atoms with Crippen molar-refractivity contribution < 1.29 is 9.53 Å². The molecule has 1 aromatic carbocycles. The molecule has 6 rings (SSSR count). The zero-order valence-corrected chi connectivity index (χ0v) is 21.0. The number of hydrogen-bond donors (Lipinski definition) is 2. The normalized spacial score (nSPS) is 20.9. The Labute approximate surface area is 216 Å². The lowest BCUT2D eigenvalue weighted by atomic mass is 10.0. The summed E-state index contributed by atoms with van der Waals surface area (Å²) < 4.78 is 5.46. The van der Waals surface area contributed by atoms with Crippen LogP contribution < -0.4 is 5.32 Å². The Kier molecular flexibility index (Phi) is 7.07. The van der Waals surface area contributed by atoms with Crippen LogP contribution in [0.2, 0.25) is 0 Å². The number of pyridine rings is 1. The van der Waals surface area contributed by atoms with Gasteiger partial charge < -0.3 is 10.1 Å². The summed E-state index contributed by atoms with van der Waals surface area (Å²) >= 11 is 0. The van der Waals surface area contributed by atoms with E-state index in [4.69, 9.17) is 9.73 Å². The molecule has 9 nitrogen and oxygen atoms in total. The van der Waals surface area contributed by atoms with Gasteiger partial charge in [-0.05, 0) is 61.3 Å². The number of benzene rings is 1. The highest BCUT2D eigenvalue weighted by atomic mass is 16.5. The van der Waals surface area contributed by atoms with Crippen molar-refractivity contribution in [1.29, 1.82) is 0 Å². The Morgan fingerprint density at radius 3 is 2.68 bits per heavy atom. The van der Waals surface area contributed by atoms with Crippen molar-refractivity contribution in [2.75, 3.05) is 52.5 Å². The molecule has 2 fully saturated rings. The van der Waals surface area contributed by atoms with Crippen molar-refractivity contribution in [2.24, 2.45) is 4.99 Å². The van der Waals surface area contributed by atoms with E-state index < -0.39 is 0 Å². The third-order valence-corrected chi connectivity index (χ3v) is 7.33. The first-order chi connectivity index (χ1) is 18.2. The predicted molar refractivity (Wildman–Crippen MR) is 144 cm³/mol. The van der Waals surface area contributed by atoms with Gasteiger partial charge in [-0.25, -0.2) is 0 Å².